The molecule has 3 N–H and O–H groups in total. The Morgan fingerprint density at radius 1 is 1.04 bits per heavy atom. The maximum atomic E-state index is 12.0. The van der Waals surface area contributed by atoms with Crippen LogP contribution in [0.4, 0.5) is 11.4 Å². The lowest BCUT2D eigenvalue weighted by molar-refractivity contribution is -0.114. The summed E-state index contributed by atoms with van der Waals surface area (Å²) < 4.78 is 5.11. The fourth-order valence-electron chi connectivity index (χ4n) is 2.09. The summed E-state index contributed by atoms with van der Waals surface area (Å²) in [7, 11) is 1.58. The van der Waals surface area contributed by atoms with Gasteiger partial charge in [0.25, 0.3) is 5.91 Å². The van der Waals surface area contributed by atoms with E-state index in [0.29, 0.717) is 23.5 Å². The summed E-state index contributed by atoms with van der Waals surface area (Å²) in [5.74, 6) is 0.401. The van der Waals surface area contributed by atoms with Gasteiger partial charge in [-0.25, -0.2) is 0 Å². The Hall–Kier alpha value is -3.02. The summed E-state index contributed by atoms with van der Waals surface area (Å²) in [5.41, 5.74) is 2.03. The molecule has 0 aliphatic heterocycles. The molecule has 0 radical (unpaired) electrons. The molecule has 0 saturated carbocycles. The van der Waals surface area contributed by atoms with E-state index in [1.54, 1.807) is 43.5 Å². The minimum Gasteiger partial charge on any atom is -0.497 e. The van der Waals surface area contributed by atoms with Gasteiger partial charge in [0.05, 0.1) is 13.7 Å². The predicted octanol–water partition coefficient (Wildman–Crippen LogP) is 2.50. The highest BCUT2D eigenvalue weighted by Gasteiger charge is 2.05. The van der Waals surface area contributed by atoms with Crippen LogP contribution in [0.5, 0.6) is 5.75 Å². The normalized spacial score (nSPS) is 9.92. The van der Waals surface area contributed by atoms with Gasteiger partial charge in [-0.1, -0.05) is 6.07 Å². The molecule has 0 aliphatic carbocycles. The highest BCUT2D eigenvalue weighted by molar-refractivity contribution is 5.95. The van der Waals surface area contributed by atoms with Crippen molar-refractivity contribution in [2.24, 2.45) is 0 Å². The molecular formula is C18H21N3O3. The van der Waals surface area contributed by atoms with Gasteiger partial charge < -0.3 is 20.7 Å². The molecule has 0 unspecified atom stereocenters. The molecule has 24 heavy (non-hydrogen) atoms. The van der Waals surface area contributed by atoms with E-state index in [2.05, 4.69) is 16.0 Å². The third-order valence-electron chi connectivity index (χ3n) is 3.29. The standard InChI is InChI=1S/C18H21N3O3/c1-3-19-18(23)13-7-9-14(10-8-13)20-12-17(22)21-15-5-4-6-16(11-15)24-2/h4-11,20H,3,12H2,1-2H3,(H,19,23)(H,21,22). The van der Waals surface area contributed by atoms with Gasteiger partial charge in [-0.3, -0.25) is 9.59 Å². The SMILES string of the molecule is CCNC(=O)c1ccc(NCC(=O)Nc2cccc(OC)c2)cc1. The summed E-state index contributed by atoms with van der Waals surface area (Å²) in [6.45, 7) is 2.58. The van der Waals surface area contributed by atoms with E-state index in [0.717, 1.165) is 5.69 Å². The van der Waals surface area contributed by atoms with Crippen molar-refractivity contribution in [3.8, 4) is 5.75 Å². The zero-order chi connectivity index (χ0) is 17.4. The van der Waals surface area contributed by atoms with Crippen molar-refractivity contribution >= 4 is 23.2 Å². The molecule has 0 bridgehead atoms. The number of methoxy groups -OCH3 is 1. The van der Waals surface area contributed by atoms with Crippen LogP contribution in [0.3, 0.4) is 0 Å². The molecule has 2 aromatic rings. The van der Waals surface area contributed by atoms with Crippen LogP contribution in [0.1, 0.15) is 17.3 Å². The molecular weight excluding hydrogens is 306 g/mol. The van der Waals surface area contributed by atoms with Gasteiger partial charge in [0.2, 0.25) is 5.91 Å². The van der Waals surface area contributed by atoms with Crippen LogP contribution < -0.4 is 20.7 Å². The molecule has 6 nitrogen and oxygen atoms in total. The molecule has 0 atom stereocenters. The zero-order valence-electron chi connectivity index (χ0n) is 13.8. The third kappa shape index (κ3) is 5.01. The van der Waals surface area contributed by atoms with E-state index >= 15 is 0 Å². The molecule has 0 saturated heterocycles. The topological polar surface area (TPSA) is 79.5 Å². The molecule has 2 amide bonds. The van der Waals surface area contributed by atoms with Crippen molar-refractivity contribution in [2.75, 3.05) is 30.8 Å². The van der Waals surface area contributed by atoms with Gasteiger partial charge in [-0.15, -0.1) is 0 Å². The second-order valence-corrected chi connectivity index (χ2v) is 5.07. The van der Waals surface area contributed by atoms with Crippen molar-refractivity contribution in [3.63, 3.8) is 0 Å². The van der Waals surface area contributed by atoms with Crippen LogP contribution in [0, 0.1) is 0 Å². The first-order chi connectivity index (χ1) is 11.6. The summed E-state index contributed by atoms with van der Waals surface area (Å²) in [4.78, 5) is 23.6. The van der Waals surface area contributed by atoms with Gasteiger partial charge in [0.1, 0.15) is 5.75 Å². The van der Waals surface area contributed by atoms with E-state index in [1.165, 1.54) is 0 Å². The largest absolute Gasteiger partial charge is 0.497 e. The Morgan fingerprint density at radius 2 is 1.79 bits per heavy atom. The van der Waals surface area contributed by atoms with Gasteiger partial charge in [0, 0.05) is 29.5 Å². The van der Waals surface area contributed by atoms with E-state index < -0.39 is 0 Å². The van der Waals surface area contributed by atoms with Crippen LogP contribution in [-0.4, -0.2) is 32.0 Å². The van der Waals surface area contributed by atoms with Crippen molar-refractivity contribution < 1.29 is 14.3 Å². The predicted molar refractivity (Wildman–Crippen MR) is 94.6 cm³/mol. The highest BCUT2D eigenvalue weighted by Crippen LogP contribution is 2.16. The number of nitrogens with one attached hydrogen (secondary N) is 3. The molecule has 6 heteroatoms. The van der Waals surface area contributed by atoms with E-state index in [4.69, 9.17) is 4.74 Å². The first-order valence-electron chi connectivity index (χ1n) is 7.68. The number of anilines is 2. The fraction of sp³-hybridized carbons (Fsp3) is 0.222. The number of benzene rings is 2. The van der Waals surface area contributed by atoms with Crippen molar-refractivity contribution in [1.29, 1.82) is 0 Å². The fourth-order valence-corrected chi connectivity index (χ4v) is 2.09. The Labute approximate surface area is 141 Å². The summed E-state index contributed by atoms with van der Waals surface area (Å²) in [6, 6.07) is 14.1. The smallest absolute Gasteiger partial charge is 0.251 e. The summed E-state index contributed by atoms with van der Waals surface area (Å²) >= 11 is 0. The molecule has 0 fully saturated rings. The summed E-state index contributed by atoms with van der Waals surface area (Å²) in [6.07, 6.45) is 0. The van der Waals surface area contributed by atoms with Crippen molar-refractivity contribution in [2.45, 2.75) is 6.92 Å². The number of rotatable bonds is 7. The number of amides is 2. The van der Waals surface area contributed by atoms with Crippen LogP contribution >= 0.6 is 0 Å². The lowest BCUT2D eigenvalue weighted by Gasteiger charge is -2.09. The van der Waals surface area contributed by atoms with Gasteiger partial charge in [-0.2, -0.15) is 0 Å². The first kappa shape index (κ1) is 17.3. The average Bonchev–Trinajstić information content (AvgIpc) is 2.61. The number of hydrogen-bond donors (Lipinski definition) is 3. The van der Waals surface area contributed by atoms with Gasteiger partial charge in [0.15, 0.2) is 0 Å². The summed E-state index contributed by atoms with van der Waals surface area (Å²) in [5, 5.41) is 8.54. The molecule has 2 rings (SSSR count). The lowest BCUT2D eigenvalue weighted by Crippen LogP contribution is -2.23. The lowest BCUT2D eigenvalue weighted by atomic mass is 10.2. The Morgan fingerprint density at radius 3 is 2.46 bits per heavy atom. The monoisotopic (exact) mass is 327 g/mol. The Kier molecular flexibility index (Phi) is 6.19. The quantitative estimate of drug-likeness (QED) is 0.730. The van der Waals surface area contributed by atoms with Crippen LogP contribution in [0.15, 0.2) is 48.5 Å². The minimum atomic E-state index is -0.170. The number of ether oxygens (including phenoxy) is 1. The van der Waals surface area contributed by atoms with Crippen LogP contribution in [-0.2, 0) is 4.79 Å². The van der Waals surface area contributed by atoms with E-state index in [1.807, 2.05) is 19.1 Å². The Bertz CT molecular complexity index is 699. The number of hydrogen-bond acceptors (Lipinski definition) is 4. The zero-order valence-corrected chi connectivity index (χ0v) is 13.8. The maximum Gasteiger partial charge on any atom is 0.251 e. The van der Waals surface area contributed by atoms with Crippen LogP contribution in [0.2, 0.25) is 0 Å². The number of carbonyl (C=O) groups is 2. The van der Waals surface area contributed by atoms with E-state index in [-0.39, 0.29) is 18.4 Å². The minimum absolute atomic E-state index is 0.111. The molecule has 126 valence electrons. The second-order valence-electron chi connectivity index (χ2n) is 5.07. The van der Waals surface area contributed by atoms with Crippen LogP contribution in [0.25, 0.3) is 0 Å². The molecule has 2 aromatic carbocycles. The van der Waals surface area contributed by atoms with E-state index in [9.17, 15) is 9.59 Å². The van der Waals surface area contributed by atoms with Crippen molar-refractivity contribution in [1.82, 2.24) is 5.32 Å². The van der Waals surface area contributed by atoms with Crippen molar-refractivity contribution in [3.05, 3.63) is 54.1 Å². The molecule has 0 spiro atoms. The van der Waals surface area contributed by atoms with Gasteiger partial charge in [-0.05, 0) is 43.3 Å². The third-order valence-corrected chi connectivity index (χ3v) is 3.29. The Balaban J connectivity index is 1.86. The van der Waals surface area contributed by atoms with Gasteiger partial charge >= 0.3 is 0 Å². The highest BCUT2D eigenvalue weighted by atomic mass is 16.5. The molecule has 0 aromatic heterocycles. The number of carbonyl (C=O) groups excluding carboxylic acids is 2. The second kappa shape index (κ2) is 8.57. The first-order valence-corrected chi connectivity index (χ1v) is 7.68. The molecule has 0 aliphatic rings. The molecule has 0 heterocycles. The maximum absolute atomic E-state index is 12.0. The average molecular weight is 327 g/mol.